The lowest BCUT2D eigenvalue weighted by atomic mass is 10.2. The molecule has 10 nitrogen and oxygen atoms in total. The topological polar surface area (TPSA) is 108 Å². The van der Waals surface area contributed by atoms with Crippen LogP contribution in [0.3, 0.4) is 0 Å². The molecule has 2 amide bonds. The third-order valence-corrected chi connectivity index (χ3v) is 4.24. The third-order valence-electron chi connectivity index (χ3n) is 4.24. The van der Waals surface area contributed by atoms with E-state index < -0.39 is 0 Å². The van der Waals surface area contributed by atoms with Gasteiger partial charge in [0, 0.05) is 32.0 Å². The molecule has 0 bridgehead atoms. The molecule has 144 valence electrons. The number of carbonyl (C=O) groups is 1. The van der Waals surface area contributed by atoms with Gasteiger partial charge in [-0.15, -0.1) is 0 Å². The molecule has 1 aromatic heterocycles. The van der Waals surface area contributed by atoms with Crippen molar-refractivity contribution in [3.05, 3.63) is 29.9 Å². The molecule has 10 heteroatoms. The van der Waals surface area contributed by atoms with Gasteiger partial charge in [-0.05, 0) is 12.1 Å². The van der Waals surface area contributed by atoms with Crippen molar-refractivity contribution in [1.82, 2.24) is 15.0 Å². The van der Waals surface area contributed by atoms with E-state index in [-0.39, 0.29) is 18.9 Å². The van der Waals surface area contributed by atoms with E-state index in [1.54, 1.807) is 30.2 Å². The number of hydrogen-bond acceptors (Lipinski definition) is 8. The summed E-state index contributed by atoms with van der Waals surface area (Å²) in [5.74, 6) is 2.24. The van der Waals surface area contributed by atoms with Crippen LogP contribution in [-0.4, -0.2) is 60.8 Å². The number of nitrogens with one attached hydrogen (secondary N) is 1. The molecular weight excluding hydrogens is 356 g/mol. The van der Waals surface area contributed by atoms with Gasteiger partial charge in [0.1, 0.15) is 6.61 Å². The number of hydrogen-bond donors (Lipinski definition) is 1. The molecule has 1 atom stereocenters. The number of fused-ring (bicyclic) bond motifs is 1. The minimum Gasteiger partial charge on any atom is -0.454 e. The van der Waals surface area contributed by atoms with E-state index in [4.69, 9.17) is 23.5 Å². The summed E-state index contributed by atoms with van der Waals surface area (Å²) in [7, 11) is 1.57. The number of benzene rings is 1. The first-order valence-electron chi connectivity index (χ1n) is 8.59. The van der Waals surface area contributed by atoms with Crippen LogP contribution in [0.25, 0.3) is 0 Å². The number of methoxy groups -OCH3 is 1. The Morgan fingerprint density at radius 3 is 3.15 bits per heavy atom. The SMILES string of the molecule is COCc1noc(C[C@@H]2CN(C(=O)Nc3ccc4c(c3)OCO4)CCO2)n1. The highest BCUT2D eigenvalue weighted by atomic mass is 16.7. The second-order valence-electron chi connectivity index (χ2n) is 6.18. The van der Waals surface area contributed by atoms with Gasteiger partial charge in [-0.3, -0.25) is 0 Å². The number of amides is 2. The number of aromatic nitrogens is 2. The Morgan fingerprint density at radius 1 is 1.37 bits per heavy atom. The molecule has 1 N–H and O–H groups in total. The van der Waals surface area contributed by atoms with Crippen LogP contribution in [0.4, 0.5) is 10.5 Å². The fourth-order valence-electron chi connectivity index (χ4n) is 2.96. The molecule has 4 rings (SSSR count). The number of anilines is 1. The van der Waals surface area contributed by atoms with E-state index >= 15 is 0 Å². The fraction of sp³-hybridized carbons (Fsp3) is 0.471. The lowest BCUT2D eigenvalue weighted by Crippen LogP contribution is -2.48. The Morgan fingerprint density at radius 2 is 2.26 bits per heavy atom. The monoisotopic (exact) mass is 376 g/mol. The van der Waals surface area contributed by atoms with Gasteiger partial charge in [0.05, 0.1) is 19.1 Å². The van der Waals surface area contributed by atoms with Crippen LogP contribution in [-0.2, 0) is 22.5 Å². The van der Waals surface area contributed by atoms with E-state index in [9.17, 15) is 4.79 Å². The first kappa shape index (κ1) is 17.6. The fourth-order valence-corrected chi connectivity index (χ4v) is 2.96. The van der Waals surface area contributed by atoms with Gasteiger partial charge >= 0.3 is 6.03 Å². The molecule has 1 saturated heterocycles. The van der Waals surface area contributed by atoms with Crippen LogP contribution in [0, 0.1) is 0 Å². The minimum absolute atomic E-state index is 0.194. The molecule has 27 heavy (non-hydrogen) atoms. The van der Waals surface area contributed by atoms with Crippen LogP contribution >= 0.6 is 0 Å². The maximum atomic E-state index is 12.6. The molecule has 1 aromatic carbocycles. The molecule has 0 radical (unpaired) electrons. The summed E-state index contributed by atoms with van der Waals surface area (Å²) < 4.78 is 26.5. The summed E-state index contributed by atoms with van der Waals surface area (Å²) in [6.07, 6.45) is 0.224. The standard InChI is InChI=1S/C17H20N4O6/c1-23-9-15-19-16(27-20-15)7-12-8-21(4-5-24-12)17(22)18-11-2-3-13-14(6-11)26-10-25-13/h2-3,6,12H,4-5,7-10H2,1H3,(H,18,22)/t12-/m1/s1. The normalized spacial score (nSPS) is 18.6. The van der Waals surface area contributed by atoms with Crippen LogP contribution in [0.1, 0.15) is 11.7 Å². The van der Waals surface area contributed by atoms with Crippen molar-refractivity contribution in [2.75, 3.05) is 38.9 Å². The summed E-state index contributed by atoms with van der Waals surface area (Å²) in [5.41, 5.74) is 0.647. The van der Waals surface area contributed by atoms with Crippen molar-refractivity contribution < 1.29 is 28.3 Å². The predicted molar refractivity (Wildman–Crippen MR) is 91.6 cm³/mol. The Hall–Kier alpha value is -2.85. The van der Waals surface area contributed by atoms with Gasteiger partial charge in [-0.25, -0.2) is 4.79 Å². The zero-order valence-electron chi connectivity index (χ0n) is 14.8. The molecule has 2 aliphatic rings. The van der Waals surface area contributed by atoms with Gasteiger partial charge in [0.2, 0.25) is 12.7 Å². The Kier molecular flexibility index (Phi) is 5.07. The summed E-state index contributed by atoms with van der Waals surface area (Å²) in [6.45, 7) is 1.86. The average molecular weight is 376 g/mol. The number of rotatable bonds is 5. The summed E-state index contributed by atoms with van der Waals surface area (Å²) >= 11 is 0. The largest absolute Gasteiger partial charge is 0.454 e. The third kappa shape index (κ3) is 4.12. The number of nitrogens with zero attached hydrogens (tertiary/aromatic N) is 3. The highest BCUT2D eigenvalue weighted by Crippen LogP contribution is 2.34. The molecule has 0 unspecified atom stereocenters. The maximum Gasteiger partial charge on any atom is 0.322 e. The number of urea groups is 1. The molecule has 1 fully saturated rings. The second-order valence-corrected chi connectivity index (χ2v) is 6.18. The highest BCUT2D eigenvalue weighted by molar-refractivity contribution is 5.89. The number of morpholine rings is 1. The molecule has 3 heterocycles. The summed E-state index contributed by atoms with van der Waals surface area (Å²) in [6, 6.07) is 5.09. The molecule has 0 spiro atoms. The number of ether oxygens (including phenoxy) is 4. The van der Waals surface area contributed by atoms with Crippen molar-refractivity contribution in [3.8, 4) is 11.5 Å². The van der Waals surface area contributed by atoms with E-state index in [0.717, 1.165) is 0 Å². The highest BCUT2D eigenvalue weighted by Gasteiger charge is 2.26. The minimum atomic E-state index is -0.211. The predicted octanol–water partition coefficient (Wildman–Crippen LogP) is 1.42. The zero-order valence-corrected chi connectivity index (χ0v) is 14.8. The van der Waals surface area contributed by atoms with E-state index in [0.29, 0.717) is 61.6 Å². The van der Waals surface area contributed by atoms with Gasteiger partial charge in [-0.2, -0.15) is 4.98 Å². The van der Waals surface area contributed by atoms with Crippen LogP contribution in [0.5, 0.6) is 11.5 Å². The molecule has 2 aliphatic heterocycles. The second kappa shape index (κ2) is 7.80. The van der Waals surface area contributed by atoms with Gasteiger partial charge < -0.3 is 33.7 Å². The van der Waals surface area contributed by atoms with Gasteiger partial charge in [-0.1, -0.05) is 5.16 Å². The van der Waals surface area contributed by atoms with E-state index in [1.807, 2.05) is 0 Å². The Bertz CT molecular complexity index is 810. The van der Waals surface area contributed by atoms with Crippen molar-refractivity contribution in [3.63, 3.8) is 0 Å². The van der Waals surface area contributed by atoms with Gasteiger partial charge in [0.15, 0.2) is 17.3 Å². The van der Waals surface area contributed by atoms with Crippen LogP contribution in [0.2, 0.25) is 0 Å². The lowest BCUT2D eigenvalue weighted by Gasteiger charge is -2.32. The van der Waals surface area contributed by atoms with Crippen molar-refractivity contribution >= 4 is 11.7 Å². The quantitative estimate of drug-likeness (QED) is 0.835. The summed E-state index contributed by atoms with van der Waals surface area (Å²) in [5, 5.41) is 6.70. The van der Waals surface area contributed by atoms with Crippen LogP contribution < -0.4 is 14.8 Å². The Labute approximate surface area is 155 Å². The average Bonchev–Trinajstić information content (AvgIpc) is 3.31. The van der Waals surface area contributed by atoms with Crippen molar-refractivity contribution in [1.29, 1.82) is 0 Å². The smallest absolute Gasteiger partial charge is 0.322 e. The first-order chi connectivity index (χ1) is 13.2. The molecular formula is C17H20N4O6. The van der Waals surface area contributed by atoms with E-state index in [2.05, 4.69) is 15.5 Å². The van der Waals surface area contributed by atoms with Gasteiger partial charge in [0.25, 0.3) is 0 Å². The van der Waals surface area contributed by atoms with E-state index in [1.165, 1.54) is 0 Å². The first-order valence-corrected chi connectivity index (χ1v) is 8.59. The molecule has 0 aliphatic carbocycles. The van der Waals surface area contributed by atoms with Crippen molar-refractivity contribution in [2.45, 2.75) is 19.1 Å². The maximum absolute atomic E-state index is 12.6. The molecule has 0 saturated carbocycles. The zero-order chi connectivity index (χ0) is 18.6. The van der Waals surface area contributed by atoms with Crippen molar-refractivity contribution in [2.24, 2.45) is 0 Å². The summed E-state index contributed by atoms with van der Waals surface area (Å²) in [4.78, 5) is 18.5. The Balaban J connectivity index is 1.33. The number of carbonyl (C=O) groups excluding carboxylic acids is 1. The van der Waals surface area contributed by atoms with Crippen LogP contribution in [0.15, 0.2) is 22.7 Å². The molecule has 2 aromatic rings. The lowest BCUT2D eigenvalue weighted by molar-refractivity contribution is -0.0148.